The van der Waals surface area contributed by atoms with E-state index in [0.29, 0.717) is 0 Å². The molecule has 0 amide bonds. The lowest BCUT2D eigenvalue weighted by atomic mass is 10.9. The minimum atomic E-state index is -0.531. The topological polar surface area (TPSA) is 0 Å². The summed E-state index contributed by atoms with van der Waals surface area (Å²) in [6, 6.07) is 0. The van der Waals surface area contributed by atoms with Crippen molar-refractivity contribution in [3.8, 4) is 0 Å². The van der Waals surface area contributed by atoms with Gasteiger partial charge in [0.1, 0.15) is 0 Å². The minimum Gasteiger partial charge on any atom is -0.306 e. The molecule has 0 N–H and O–H groups in total. The molecule has 0 heterocycles. The van der Waals surface area contributed by atoms with Gasteiger partial charge in [-0.2, -0.15) is 0 Å². The molecule has 0 aromatic heterocycles. The first-order chi connectivity index (χ1) is 4.24. The Balaban J connectivity index is 3.82. The highest BCUT2D eigenvalue weighted by Gasteiger charge is 2.24. The lowest BCUT2D eigenvalue weighted by Crippen LogP contribution is -2.04. The van der Waals surface area contributed by atoms with Gasteiger partial charge < -0.3 is 6.92 Å². The van der Waals surface area contributed by atoms with Gasteiger partial charge in [0, 0.05) is 0 Å². The SMILES string of the molecule is [CH2-]C[P+](CC)(CC)CC. The highest BCUT2D eigenvalue weighted by molar-refractivity contribution is 7.75. The average molecular weight is 146 g/mol. The van der Waals surface area contributed by atoms with E-state index in [9.17, 15) is 0 Å². The zero-order valence-corrected chi connectivity index (χ0v) is 7.88. The Bertz CT molecular complexity index is 47.5. The van der Waals surface area contributed by atoms with Crippen molar-refractivity contribution in [1.29, 1.82) is 0 Å². The Kier molecular flexibility index (Phi) is 4.48. The fourth-order valence-electron chi connectivity index (χ4n) is 1.15. The summed E-state index contributed by atoms with van der Waals surface area (Å²) in [5.74, 6) is 0. The molecule has 0 aliphatic carbocycles. The summed E-state index contributed by atoms with van der Waals surface area (Å²) in [5, 5.41) is 0. The van der Waals surface area contributed by atoms with Gasteiger partial charge in [0.2, 0.25) is 0 Å². The first-order valence-electron chi connectivity index (χ1n) is 3.89. The highest BCUT2D eigenvalue weighted by Crippen LogP contribution is 2.56. The third-order valence-corrected chi connectivity index (χ3v) is 7.46. The van der Waals surface area contributed by atoms with Gasteiger partial charge >= 0.3 is 0 Å². The molecule has 0 rings (SSSR count). The second-order valence-electron chi connectivity index (χ2n) is 2.51. The largest absolute Gasteiger partial charge is 0.306 e. The minimum absolute atomic E-state index is 0.531. The smallest absolute Gasteiger partial charge is 0.0540 e. The van der Waals surface area contributed by atoms with Crippen LogP contribution in [0, 0.1) is 6.92 Å². The van der Waals surface area contributed by atoms with Crippen LogP contribution in [-0.4, -0.2) is 24.6 Å². The van der Waals surface area contributed by atoms with Crippen molar-refractivity contribution in [3.05, 3.63) is 6.92 Å². The number of hydrogen-bond donors (Lipinski definition) is 0. The molecule has 0 aliphatic heterocycles. The molecular weight excluding hydrogens is 127 g/mol. The Labute approximate surface area is 60.4 Å². The molecule has 0 bridgehead atoms. The van der Waals surface area contributed by atoms with Gasteiger partial charge in [-0.1, -0.05) is 6.16 Å². The van der Waals surface area contributed by atoms with Crippen LogP contribution in [0.5, 0.6) is 0 Å². The number of rotatable bonds is 4. The van der Waals surface area contributed by atoms with Gasteiger partial charge in [-0.15, -0.1) is 0 Å². The summed E-state index contributed by atoms with van der Waals surface area (Å²) in [4.78, 5) is 0. The molecule has 56 valence electrons. The molecule has 0 nitrogen and oxygen atoms in total. The van der Waals surface area contributed by atoms with E-state index in [1.165, 1.54) is 24.6 Å². The molecule has 0 saturated heterocycles. The molecule has 0 spiro atoms. The fourth-order valence-corrected chi connectivity index (χ4v) is 3.44. The van der Waals surface area contributed by atoms with Gasteiger partial charge in [-0.25, -0.2) is 0 Å². The van der Waals surface area contributed by atoms with Crippen molar-refractivity contribution in [2.24, 2.45) is 0 Å². The van der Waals surface area contributed by atoms with Crippen LogP contribution in [0.15, 0.2) is 0 Å². The van der Waals surface area contributed by atoms with Crippen LogP contribution < -0.4 is 0 Å². The Hall–Kier alpha value is 0.430. The Morgan fingerprint density at radius 2 is 1.33 bits per heavy atom. The van der Waals surface area contributed by atoms with Crippen LogP contribution in [0.25, 0.3) is 0 Å². The van der Waals surface area contributed by atoms with E-state index in [2.05, 4.69) is 27.7 Å². The quantitative estimate of drug-likeness (QED) is 0.422. The molecule has 0 aromatic carbocycles. The molecule has 1 heteroatoms. The second kappa shape index (κ2) is 4.28. The maximum atomic E-state index is 4.02. The zero-order chi connectivity index (χ0) is 7.33. The molecule has 9 heavy (non-hydrogen) atoms. The van der Waals surface area contributed by atoms with Gasteiger partial charge in [0.25, 0.3) is 0 Å². The monoisotopic (exact) mass is 146 g/mol. The van der Waals surface area contributed by atoms with Crippen molar-refractivity contribution in [2.45, 2.75) is 20.8 Å². The molecule has 0 aliphatic rings. The van der Waals surface area contributed by atoms with E-state index in [-0.39, 0.29) is 0 Å². The van der Waals surface area contributed by atoms with E-state index in [1.54, 1.807) is 0 Å². The predicted molar refractivity (Wildman–Crippen MR) is 48.8 cm³/mol. The van der Waals surface area contributed by atoms with Crippen molar-refractivity contribution in [3.63, 3.8) is 0 Å². The first kappa shape index (κ1) is 9.43. The second-order valence-corrected chi connectivity index (χ2v) is 7.54. The molecule has 0 fully saturated rings. The van der Waals surface area contributed by atoms with Crippen LogP contribution in [-0.2, 0) is 0 Å². The van der Waals surface area contributed by atoms with Crippen LogP contribution in [0.4, 0.5) is 0 Å². The standard InChI is InChI=1S/C8H19P/c1-5-9(6-2,7-3)8-4/h1,5-8H2,2-4H3. The van der Waals surface area contributed by atoms with Gasteiger partial charge in [-0.3, -0.25) is 0 Å². The van der Waals surface area contributed by atoms with Crippen LogP contribution >= 0.6 is 7.26 Å². The zero-order valence-electron chi connectivity index (χ0n) is 6.98. The molecule has 0 atom stereocenters. The fraction of sp³-hybridized carbons (Fsp3) is 0.875. The normalized spacial score (nSPS) is 12.0. The van der Waals surface area contributed by atoms with Gasteiger partial charge in [0.15, 0.2) is 0 Å². The van der Waals surface area contributed by atoms with E-state index < -0.39 is 7.26 Å². The van der Waals surface area contributed by atoms with Crippen LogP contribution in [0.1, 0.15) is 20.8 Å². The summed E-state index contributed by atoms with van der Waals surface area (Å²) < 4.78 is 0. The molecule has 0 aromatic rings. The van der Waals surface area contributed by atoms with E-state index in [1.807, 2.05) is 0 Å². The van der Waals surface area contributed by atoms with Crippen molar-refractivity contribution >= 4 is 7.26 Å². The van der Waals surface area contributed by atoms with Crippen molar-refractivity contribution in [2.75, 3.05) is 24.6 Å². The highest BCUT2D eigenvalue weighted by atomic mass is 31.2. The van der Waals surface area contributed by atoms with Crippen molar-refractivity contribution in [1.82, 2.24) is 0 Å². The maximum absolute atomic E-state index is 4.02. The first-order valence-corrected chi connectivity index (χ1v) is 6.42. The van der Waals surface area contributed by atoms with Crippen molar-refractivity contribution < 1.29 is 0 Å². The van der Waals surface area contributed by atoms with E-state index in [4.69, 9.17) is 0 Å². The Morgan fingerprint density at radius 3 is 1.33 bits per heavy atom. The third kappa shape index (κ3) is 2.26. The lowest BCUT2D eigenvalue weighted by molar-refractivity contribution is 1.28. The Morgan fingerprint density at radius 1 is 1.00 bits per heavy atom. The van der Waals surface area contributed by atoms with Gasteiger partial charge in [-0.05, 0) is 28.0 Å². The summed E-state index contributed by atoms with van der Waals surface area (Å²) >= 11 is 0. The summed E-state index contributed by atoms with van der Waals surface area (Å²) in [7, 11) is -0.531. The number of hydrogen-bond acceptors (Lipinski definition) is 0. The summed E-state index contributed by atoms with van der Waals surface area (Å²) in [6.45, 7) is 11.0. The van der Waals surface area contributed by atoms with E-state index >= 15 is 0 Å². The maximum Gasteiger partial charge on any atom is 0.0540 e. The summed E-state index contributed by atoms with van der Waals surface area (Å²) in [5.41, 5.74) is 0. The average Bonchev–Trinajstić information content (AvgIpc) is 1.95. The summed E-state index contributed by atoms with van der Waals surface area (Å²) in [6.07, 6.45) is 5.38. The molecular formula is C8H19P. The molecule has 0 unspecified atom stereocenters. The third-order valence-electron chi connectivity index (χ3n) is 2.49. The van der Waals surface area contributed by atoms with E-state index in [0.717, 1.165) is 0 Å². The molecule has 0 saturated carbocycles. The van der Waals surface area contributed by atoms with Gasteiger partial charge in [0.05, 0.1) is 18.5 Å². The predicted octanol–water partition coefficient (Wildman–Crippen LogP) is 2.90. The lowest BCUT2D eigenvalue weighted by Gasteiger charge is -2.24. The van der Waals surface area contributed by atoms with Crippen LogP contribution in [0.2, 0.25) is 0 Å². The molecule has 0 radical (unpaired) electrons. The van der Waals surface area contributed by atoms with Crippen LogP contribution in [0.3, 0.4) is 0 Å².